The van der Waals surface area contributed by atoms with Gasteiger partial charge >= 0.3 is 138 Å². The molecule has 0 aliphatic carbocycles. The van der Waals surface area contributed by atoms with Gasteiger partial charge in [0.2, 0.25) is 29.7 Å². The maximum Gasteiger partial charge on any atom is 0.413 e. The van der Waals surface area contributed by atoms with E-state index in [1.807, 2.05) is 45.2 Å². The van der Waals surface area contributed by atoms with E-state index in [2.05, 4.69) is 97.7 Å². The van der Waals surface area contributed by atoms with Crippen LogP contribution in [0.15, 0.2) is 83.7 Å². The Morgan fingerprint density at radius 2 is 0.871 bits per heavy atom. The molecule has 0 saturated carbocycles. The van der Waals surface area contributed by atoms with Crippen molar-refractivity contribution in [2.45, 2.75) is 188 Å². The summed E-state index contributed by atoms with van der Waals surface area (Å²) in [5, 5.41) is 7.00. The Morgan fingerprint density at radius 1 is 0.516 bits per heavy atom. The Hall–Kier alpha value is -5.70. The fourth-order valence-corrected chi connectivity index (χ4v) is 22.5. The van der Waals surface area contributed by atoms with Crippen LogP contribution in [0.2, 0.25) is 13.3 Å². The molecule has 0 atom stereocenters. The summed E-state index contributed by atoms with van der Waals surface area (Å²) in [6.45, 7) is 35.5. The molecule has 524 valence electrons. The average Bonchev–Trinajstić information content (AvgIpc) is 1.15. The van der Waals surface area contributed by atoms with E-state index >= 15 is 0 Å². The summed E-state index contributed by atoms with van der Waals surface area (Å²) in [5.41, 5.74) is 8.42. The average molecular weight is 1710 g/mol. The number of ether oxygens (including phenoxy) is 5. The molecule has 0 fully saturated rings. The van der Waals surface area contributed by atoms with Crippen LogP contribution in [0.25, 0.3) is 5.76 Å². The first-order valence-electron chi connectivity index (χ1n) is 28.7. The number of nitrogen functional groups attached to an aromatic ring is 2. The number of aromatic nitrogens is 5. The maximum atomic E-state index is 13.8. The first kappa shape index (κ1) is 93.7. The Labute approximate surface area is 588 Å². The Bertz CT molecular complexity index is 3030. The molecular weight excluding hydrogens is 1610 g/mol. The van der Waals surface area contributed by atoms with Crippen molar-refractivity contribution < 1.29 is 64.8 Å². The van der Waals surface area contributed by atoms with Crippen LogP contribution in [0.1, 0.15) is 174 Å². The van der Waals surface area contributed by atoms with Gasteiger partial charge < -0.3 is 30.4 Å². The number of pyridine rings is 5. The van der Waals surface area contributed by atoms with Crippen molar-refractivity contribution in [3.63, 3.8) is 0 Å². The number of Topliss-reactive ketones (excluding diaryl/α,β-unsaturated/α-hetero) is 1. The quantitative estimate of drug-likeness (QED) is 0.00708. The molecule has 0 aromatic carbocycles. The number of carbonyl (C=O) groups is 4. The molecule has 5 rings (SSSR count). The van der Waals surface area contributed by atoms with Crippen LogP contribution in [0.5, 0.6) is 0 Å². The zero-order chi connectivity index (χ0) is 69.0. The van der Waals surface area contributed by atoms with Crippen molar-refractivity contribution in [3.8, 4) is 0 Å². The number of alkyl halides is 1. The van der Waals surface area contributed by atoms with Gasteiger partial charge in [0.05, 0.1) is 30.2 Å². The molecule has 0 spiro atoms. The standard InChI is InChI=1S/C14H19FN2O3.C12H14BrFN2O3.C10H12FIN2O2.C5H4FIN2.C5H5FN2.C4H7O.3C4H9.3CH4.Sn/c1-6-19-9(2)10-7-8-11(16-12(10)15)17-13(18)20-14(3,4)5;1-12(2,3)19-11(18)16-9-5-4-7(8(17)6-13)10(14)15-9;1-10(2,3)16-9(15)14-7-5-4-6(12)8(11)13-7;6-5-3(7)1-2-4(8)9-5;6-4-2-1-3-5(7)8-4;1-3-5-4-2;3*1-3-4-2;;;;/h7-8H,2,6H2,1,3-5H3,(H,16,17,18);4-5H,6H2,1-3H3,(H,15,16,18);4-5H,1-3H3,(H,13,14,15);1-2H,(H2,8,9);1-3H,(H2,7,8);1,4H2,2H3;3*1,3-4H2,2H3;3*1H4;. The van der Waals surface area contributed by atoms with Gasteiger partial charge in [0.15, 0.2) is 5.78 Å². The monoisotopic (exact) mass is 1710 g/mol. The summed E-state index contributed by atoms with van der Waals surface area (Å²) in [5.74, 6) is -2.98. The SMILES string of the molecule is C.C.C.C=C(OCC)c1ccc(NC(=O)OC(C)(C)C)nc1F.C=[C](OCC)[Sn]([CH2]CCC)([CH2]CCC)[CH2]CCC.CC(C)(C)OC(=O)Nc1ccc(C(=O)CBr)c(F)n1.CC(C)(C)OC(=O)Nc1ccc(I)c(F)n1.Nc1ccc(I)c(F)n1.Nc1cccc(F)n1. The van der Waals surface area contributed by atoms with Crippen molar-refractivity contribution in [1.29, 1.82) is 0 Å². The smallest absolute Gasteiger partial charge is 0.413 e. The molecule has 93 heavy (non-hydrogen) atoms. The second-order valence-corrected chi connectivity index (χ2v) is 38.2. The third-order valence-electron chi connectivity index (χ3n) is 10.9. The summed E-state index contributed by atoms with van der Waals surface area (Å²) < 4.78 is 97.3. The van der Waals surface area contributed by atoms with E-state index in [4.69, 9.17) is 35.2 Å². The van der Waals surface area contributed by atoms with Gasteiger partial charge in [-0.05, 0) is 175 Å². The summed E-state index contributed by atoms with van der Waals surface area (Å²) in [4.78, 5) is 62.9. The molecule has 19 nitrogen and oxygen atoms in total. The van der Waals surface area contributed by atoms with Gasteiger partial charge in [0.25, 0.3) is 0 Å². The Kier molecular flexibility index (Phi) is 48.4. The molecule has 0 aliphatic heterocycles. The Morgan fingerprint density at radius 3 is 1.17 bits per heavy atom. The molecule has 0 unspecified atom stereocenters. The van der Waals surface area contributed by atoms with Crippen molar-refractivity contribution in [2.24, 2.45) is 0 Å². The number of hydrogen-bond donors (Lipinski definition) is 5. The van der Waals surface area contributed by atoms with Gasteiger partial charge in [-0.1, -0.05) is 50.9 Å². The molecule has 28 heteroatoms. The van der Waals surface area contributed by atoms with Crippen LogP contribution < -0.4 is 27.4 Å². The molecule has 5 heterocycles. The van der Waals surface area contributed by atoms with Crippen LogP contribution in [-0.2, 0) is 23.7 Å². The van der Waals surface area contributed by atoms with Crippen LogP contribution in [0.3, 0.4) is 0 Å². The molecule has 3 amide bonds. The second-order valence-electron chi connectivity index (χ2n) is 22.2. The number of ketones is 1. The summed E-state index contributed by atoms with van der Waals surface area (Å²) in [6, 6.07) is 16.0. The minimum atomic E-state index is -2.24. The number of halogens is 8. The van der Waals surface area contributed by atoms with Gasteiger partial charge in [-0.2, -0.15) is 22.0 Å². The molecular formula is C65H100BrF5I2N10O9Sn. The molecule has 0 saturated heterocycles. The first-order valence-corrected chi connectivity index (χ1v) is 39.5. The largest absolute Gasteiger partial charge is 0.444 e. The number of unbranched alkanes of at least 4 members (excludes halogenated alkanes) is 3. The van der Waals surface area contributed by atoms with E-state index in [1.54, 1.807) is 81.4 Å². The number of carbonyl (C=O) groups excluding carboxylic acids is 4. The zero-order valence-electron chi connectivity index (χ0n) is 53.8. The molecule has 0 radical (unpaired) electrons. The van der Waals surface area contributed by atoms with Crippen LogP contribution in [0.4, 0.5) is 65.4 Å². The van der Waals surface area contributed by atoms with E-state index < -0.39 is 89.0 Å². The van der Waals surface area contributed by atoms with Crippen molar-refractivity contribution in [2.75, 3.05) is 46.0 Å². The van der Waals surface area contributed by atoms with Crippen LogP contribution in [-0.4, -0.2) is 103 Å². The number of amides is 3. The molecule has 0 aliphatic rings. The Balaban J connectivity index is -0.000000519. The van der Waals surface area contributed by atoms with Crippen molar-refractivity contribution in [1.82, 2.24) is 24.9 Å². The van der Waals surface area contributed by atoms with Gasteiger partial charge in [0, 0.05) is 0 Å². The number of nitrogens with two attached hydrogens (primary N) is 2. The second kappa shape index (κ2) is 48.1. The minimum absolute atomic E-state index is 0. The van der Waals surface area contributed by atoms with Gasteiger partial charge in [-0.25, -0.2) is 39.3 Å². The minimum Gasteiger partial charge on any atom is -0.444 e. The molecule has 7 N–H and O–H groups in total. The van der Waals surface area contributed by atoms with Crippen molar-refractivity contribution >= 4 is 138 Å². The number of rotatable bonds is 20. The summed E-state index contributed by atoms with van der Waals surface area (Å²) in [6.07, 6.45) is 6.02. The number of nitrogens with zero attached hydrogens (tertiary/aromatic N) is 5. The third-order valence-corrected chi connectivity index (χ3v) is 28.1. The first-order chi connectivity index (χ1) is 41.9. The van der Waals surface area contributed by atoms with E-state index in [1.165, 1.54) is 110 Å². The van der Waals surface area contributed by atoms with Crippen LogP contribution >= 0.6 is 61.1 Å². The number of nitrogens with one attached hydrogen (secondary N) is 3. The molecule has 5 aromatic heterocycles. The predicted molar refractivity (Wildman–Crippen MR) is 389 cm³/mol. The number of anilines is 5. The molecule has 5 aromatic rings. The van der Waals surface area contributed by atoms with E-state index in [-0.39, 0.29) is 73.6 Å². The number of hydrogen-bond acceptors (Lipinski definition) is 16. The summed E-state index contributed by atoms with van der Waals surface area (Å²) >= 11 is 4.36. The maximum absolute atomic E-state index is 13.8. The van der Waals surface area contributed by atoms with Crippen molar-refractivity contribution in [3.05, 3.63) is 132 Å². The van der Waals surface area contributed by atoms with E-state index in [0.29, 0.717) is 13.7 Å². The fraction of sp³-hybridized carbons (Fsp3) is 0.492. The summed E-state index contributed by atoms with van der Waals surface area (Å²) in [7, 11) is 0. The normalized spacial score (nSPS) is 10.4. The molecule has 0 bridgehead atoms. The predicted octanol–water partition coefficient (Wildman–Crippen LogP) is 19.9. The fourth-order valence-electron chi connectivity index (χ4n) is 6.98. The zero-order valence-corrected chi connectivity index (χ0v) is 62.6. The van der Waals surface area contributed by atoms with E-state index in [0.717, 1.165) is 6.61 Å². The van der Waals surface area contributed by atoms with Gasteiger partial charge in [-0.3, -0.25) is 20.7 Å². The van der Waals surface area contributed by atoms with Crippen LogP contribution in [0, 0.1) is 36.9 Å². The van der Waals surface area contributed by atoms with Gasteiger partial charge in [0.1, 0.15) is 51.7 Å². The topological polar surface area (TPSA) is 267 Å². The van der Waals surface area contributed by atoms with E-state index in [9.17, 15) is 41.1 Å². The van der Waals surface area contributed by atoms with Gasteiger partial charge in [-0.15, -0.1) is 0 Å². The third kappa shape index (κ3) is 42.4.